The Hall–Kier alpha value is -2.19. The highest BCUT2D eigenvalue weighted by Crippen LogP contribution is 2.14. The molecule has 3 heteroatoms. The lowest BCUT2D eigenvalue weighted by Crippen LogP contribution is -2.07. The molecular formula is C18H14ClNO. The Morgan fingerprint density at radius 2 is 1.67 bits per heavy atom. The molecular weight excluding hydrogens is 282 g/mol. The van der Waals surface area contributed by atoms with Gasteiger partial charge in [0.2, 0.25) is 0 Å². The number of aromatic nitrogens is 1. The molecule has 21 heavy (non-hydrogen) atoms. The average Bonchev–Trinajstić information content (AvgIpc) is 2.49. The third-order valence-corrected chi connectivity index (χ3v) is 3.60. The Kier molecular flexibility index (Phi) is 3.98. The van der Waals surface area contributed by atoms with Gasteiger partial charge in [0.1, 0.15) is 5.78 Å². The fourth-order valence-corrected chi connectivity index (χ4v) is 2.43. The fraction of sp³-hybridized carbons (Fsp3) is 0.111. The van der Waals surface area contributed by atoms with Crippen molar-refractivity contribution in [2.24, 2.45) is 0 Å². The summed E-state index contributed by atoms with van der Waals surface area (Å²) in [6, 6.07) is 19.2. The molecule has 2 nitrogen and oxygen atoms in total. The van der Waals surface area contributed by atoms with Crippen molar-refractivity contribution in [3.8, 4) is 0 Å². The number of halogens is 1. The third kappa shape index (κ3) is 3.47. The fourth-order valence-electron chi connectivity index (χ4n) is 2.30. The molecule has 0 unspecified atom stereocenters. The van der Waals surface area contributed by atoms with Gasteiger partial charge in [0.15, 0.2) is 0 Å². The minimum Gasteiger partial charge on any atom is -0.299 e. The number of ketones is 1. The molecule has 0 fully saturated rings. The summed E-state index contributed by atoms with van der Waals surface area (Å²) in [5, 5.41) is 1.77. The summed E-state index contributed by atoms with van der Waals surface area (Å²) < 4.78 is 0. The van der Waals surface area contributed by atoms with E-state index in [-0.39, 0.29) is 5.78 Å². The molecule has 0 aliphatic rings. The Bertz CT molecular complexity index is 781. The van der Waals surface area contributed by atoms with Crippen molar-refractivity contribution in [3.63, 3.8) is 0 Å². The van der Waals surface area contributed by atoms with E-state index < -0.39 is 0 Å². The number of pyridine rings is 1. The van der Waals surface area contributed by atoms with E-state index in [1.54, 1.807) is 12.1 Å². The Balaban J connectivity index is 1.72. The van der Waals surface area contributed by atoms with Gasteiger partial charge in [-0.05, 0) is 29.8 Å². The van der Waals surface area contributed by atoms with Gasteiger partial charge < -0.3 is 0 Å². The highest BCUT2D eigenvalue weighted by atomic mass is 35.5. The van der Waals surface area contributed by atoms with E-state index in [9.17, 15) is 4.79 Å². The number of hydrogen-bond acceptors (Lipinski definition) is 2. The molecule has 0 N–H and O–H groups in total. The zero-order valence-electron chi connectivity index (χ0n) is 11.4. The highest BCUT2D eigenvalue weighted by molar-refractivity contribution is 6.30. The number of Topliss-reactive ketones (excluding diaryl/α,β-unsaturated/α-hetero) is 1. The van der Waals surface area contributed by atoms with Crippen LogP contribution in [0.25, 0.3) is 10.9 Å². The van der Waals surface area contributed by atoms with Crippen LogP contribution < -0.4 is 0 Å². The largest absolute Gasteiger partial charge is 0.299 e. The molecule has 104 valence electrons. The standard InChI is InChI=1S/C18H14ClNO/c19-15-8-5-13(6-9-15)11-17(21)12-16-10-7-14-3-1-2-4-18(14)20-16/h1-10H,11-12H2. The molecule has 1 heterocycles. The van der Waals surface area contributed by atoms with Gasteiger partial charge in [0, 0.05) is 28.9 Å². The van der Waals surface area contributed by atoms with Crippen LogP contribution in [-0.2, 0) is 17.6 Å². The van der Waals surface area contributed by atoms with E-state index in [2.05, 4.69) is 4.98 Å². The Morgan fingerprint density at radius 3 is 2.48 bits per heavy atom. The van der Waals surface area contributed by atoms with Gasteiger partial charge >= 0.3 is 0 Å². The number of rotatable bonds is 4. The summed E-state index contributed by atoms with van der Waals surface area (Å²) in [4.78, 5) is 16.7. The van der Waals surface area contributed by atoms with Gasteiger partial charge in [-0.2, -0.15) is 0 Å². The van der Waals surface area contributed by atoms with Crippen LogP contribution in [0.15, 0.2) is 60.7 Å². The van der Waals surface area contributed by atoms with Gasteiger partial charge in [-0.25, -0.2) is 0 Å². The monoisotopic (exact) mass is 295 g/mol. The van der Waals surface area contributed by atoms with Gasteiger partial charge in [0.25, 0.3) is 0 Å². The average molecular weight is 296 g/mol. The van der Waals surface area contributed by atoms with Gasteiger partial charge in [-0.3, -0.25) is 9.78 Å². The number of fused-ring (bicyclic) bond motifs is 1. The van der Waals surface area contributed by atoms with E-state index in [4.69, 9.17) is 11.6 Å². The topological polar surface area (TPSA) is 30.0 Å². The van der Waals surface area contributed by atoms with Crippen LogP contribution in [-0.4, -0.2) is 10.8 Å². The molecule has 3 aromatic rings. The Morgan fingerprint density at radius 1 is 0.905 bits per heavy atom. The predicted octanol–water partition coefficient (Wildman–Crippen LogP) is 4.24. The summed E-state index contributed by atoms with van der Waals surface area (Å²) in [6.07, 6.45) is 0.763. The second-order valence-corrected chi connectivity index (χ2v) is 5.45. The van der Waals surface area contributed by atoms with Crippen molar-refractivity contribution < 1.29 is 4.79 Å². The number of benzene rings is 2. The van der Waals surface area contributed by atoms with Crippen molar-refractivity contribution in [3.05, 3.63) is 76.9 Å². The summed E-state index contributed by atoms with van der Waals surface area (Å²) in [6.45, 7) is 0. The molecule has 0 saturated heterocycles. The van der Waals surface area contributed by atoms with E-state index >= 15 is 0 Å². The van der Waals surface area contributed by atoms with Gasteiger partial charge in [0.05, 0.1) is 5.52 Å². The molecule has 2 aromatic carbocycles. The Labute approximate surface area is 128 Å². The van der Waals surface area contributed by atoms with E-state index in [0.29, 0.717) is 17.9 Å². The number of nitrogens with zero attached hydrogens (tertiary/aromatic N) is 1. The molecule has 0 atom stereocenters. The first-order valence-corrected chi connectivity index (χ1v) is 7.19. The van der Waals surface area contributed by atoms with Crippen LogP contribution in [0.5, 0.6) is 0 Å². The molecule has 1 aromatic heterocycles. The van der Waals surface area contributed by atoms with E-state index in [0.717, 1.165) is 22.2 Å². The van der Waals surface area contributed by atoms with E-state index in [1.165, 1.54) is 0 Å². The summed E-state index contributed by atoms with van der Waals surface area (Å²) in [5.74, 6) is 0.153. The van der Waals surface area contributed by atoms with Crippen molar-refractivity contribution in [2.75, 3.05) is 0 Å². The smallest absolute Gasteiger partial charge is 0.143 e. The molecule has 0 bridgehead atoms. The lowest BCUT2D eigenvalue weighted by molar-refractivity contribution is -0.117. The van der Waals surface area contributed by atoms with Crippen molar-refractivity contribution in [2.45, 2.75) is 12.8 Å². The van der Waals surface area contributed by atoms with Crippen molar-refractivity contribution in [1.29, 1.82) is 0 Å². The normalized spacial score (nSPS) is 10.7. The molecule has 0 saturated carbocycles. The molecule has 0 spiro atoms. The second kappa shape index (κ2) is 6.06. The number of para-hydroxylation sites is 1. The maximum absolute atomic E-state index is 12.1. The number of carbonyl (C=O) groups excluding carboxylic acids is 1. The number of carbonyl (C=O) groups is 1. The molecule has 0 amide bonds. The maximum Gasteiger partial charge on any atom is 0.143 e. The van der Waals surface area contributed by atoms with E-state index in [1.807, 2.05) is 48.5 Å². The van der Waals surface area contributed by atoms with Crippen molar-refractivity contribution >= 4 is 28.3 Å². The summed E-state index contributed by atoms with van der Waals surface area (Å²) in [5.41, 5.74) is 2.71. The van der Waals surface area contributed by atoms with Crippen LogP contribution in [0.1, 0.15) is 11.3 Å². The molecule has 0 radical (unpaired) electrons. The minimum absolute atomic E-state index is 0.153. The van der Waals surface area contributed by atoms with Gasteiger partial charge in [-0.15, -0.1) is 0 Å². The molecule has 3 rings (SSSR count). The molecule has 0 aliphatic carbocycles. The first-order valence-electron chi connectivity index (χ1n) is 6.81. The third-order valence-electron chi connectivity index (χ3n) is 3.35. The SMILES string of the molecule is O=C(Cc1ccc(Cl)cc1)Cc1ccc2ccccc2n1. The second-order valence-electron chi connectivity index (χ2n) is 5.01. The first kappa shape index (κ1) is 13.8. The molecule has 0 aliphatic heterocycles. The van der Waals surface area contributed by atoms with Gasteiger partial charge in [-0.1, -0.05) is 48.0 Å². The maximum atomic E-state index is 12.1. The number of hydrogen-bond donors (Lipinski definition) is 0. The highest BCUT2D eigenvalue weighted by Gasteiger charge is 2.07. The zero-order valence-corrected chi connectivity index (χ0v) is 12.2. The van der Waals surface area contributed by atoms with Crippen LogP contribution in [0.2, 0.25) is 5.02 Å². The van der Waals surface area contributed by atoms with Crippen LogP contribution in [0.3, 0.4) is 0 Å². The van der Waals surface area contributed by atoms with Crippen LogP contribution in [0.4, 0.5) is 0 Å². The lowest BCUT2D eigenvalue weighted by atomic mass is 10.1. The minimum atomic E-state index is 0.153. The first-order chi connectivity index (χ1) is 10.2. The summed E-state index contributed by atoms with van der Waals surface area (Å²) >= 11 is 5.84. The van der Waals surface area contributed by atoms with Crippen LogP contribution in [0, 0.1) is 0 Å². The summed E-state index contributed by atoms with van der Waals surface area (Å²) in [7, 11) is 0. The predicted molar refractivity (Wildman–Crippen MR) is 85.6 cm³/mol. The zero-order chi connectivity index (χ0) is 14.7. The lowest BCUT2D eigenvalue weighted by Gasteiger charge is -2.03. The quantitative estimate of drug-likeness (QED) is 0.720. The van der Waals surface area contributed by atoms with Crippen LogP contribution >= 0.6 is 11.6 Å². The van der Waals surface area contributed by atoms with Crippen molar-refractivity contribution in [1.82, 2.24) is 4.98 Å².